The Balaban J connectivity index is 1.57. The first kappa shape index (κ1) is 18.7. The molecule has 1 aliphatic heterocycles. The van der Waals surface area contributed by atoms with Crippen LogP contribution in [0.15, 0.2) is 18.3 Å². The number of fused-ring (bicyclic) bond motifs is 1. The highest BCUT2D eigenvalue weighted by Gasteiger charge is 2.61. The first-order chi connectivity index (χ1) is 12.0. The summed E-state index contributed by atoms with van der Waals surface area (Å²) in [5, 5.41) is 3.15. The van der Waals surface area contributed by atoms with E-state index in [0.717, 1.165) is 11.3 Å². The maximum Gasteiger partial charge on any atom is 0.410 e. The van der Waals surface area contributed by atoms with E-state index >= 15 is 0 Å². The summed E-state index contributed by atoms with van der Waals surface area (Å²) in [6.45, 7) is 12.7. The molecular formula is C20H29N3O3. The molecule has 3 atom stereocenters. The molecule has 0 spiro atoms. The average Bonchev–Trinajstić information content (AvgIpc) is 3.00. The summed E-state index contributed by atoms with van der Waals surface area (Å²) >= 11 is 0. The van der Waals surface area contributed by atoms with Gasteiger partial charge in [-0.15, -0.1) is 0 Å². The highest BCUT2D eigenvalue weighted by molar-refractivity contribution is 5.84. The molecule has 2 fully saturated rings. The minimum absolute atomic E-state index is 0.0167. The van der Waals surface area contributed by atoms with Gasteiger partial charge in [0, 0.05) is 25.2 Å². The van der Waals surface area contributed by atoms with Crippen LogP contribution >= 0.6 is 0 Å². The molecule has 142 valence electrons. The fraction of sp³-hybridized carbons (Fsp3) is 0.650. The Hall–Kier alpha value is -2.11. The maximum atomic E-state index is 12.8. The van der Waals surface area contributed by atoms with E-state index in [1.165, 1.54) is 0 Å². The van der Waals surface area contributed by atoms with Gasteiger partial charge in [0.1, 0.15) is 5.60 Å². The van der Waals surface area contributed by atoms with Crippen LogP contribution in [-0.4, -0.2) is 40.6 Å². The van der Waals surface area contributed by atoms with Gasteiger partial charge in [-0.3, -0.25) is 9.78 Å². The van der Waals surface area contributed by atoms with Crippen molar-refractivity contribution in [3.05, 3.63) is 29.6 Å². The lowest BCUT2D eigenvalue weighted by molar-refractivity contribution is -0.125. The van der Waals surface area contributed by atoms with E-state index in [1.54, 1.807) is 11.1 Å². The number of hydrogen-bond donors (Lipinski definition) is 1. The molecule has 2 aliphatic rings. The summed E-state index contributed by atoms with van der Waals surface area (Å²) in [6.07, 6.45) is 1.47. The molecule has 26 heavy (non-hydrogen) atoms. The summed E-state index contributed by atoms with van der Waals surface area (Å²) in [4.78, 5) is 31.1. The molecule has 6 heteroatoms. The number of rotatable bonds is 3. The van der Waals surface area contributed by atoms with Gasteiger partial charge in [-0.2, -0.15) is 0 Å². The molecule has 1 aromatic heterocycles. The molecule has 0 bridgehead atoms. The van der Waals surface area contributed by atoms with E-state index in [-0.39, 0.29) is 29.8 Å². The molecule has 6 nitrogen and oxygen atoms in total. The smallest absolute Gasteiger partial charge is 0.410 e. The SMILES string of the molecule is Cc1cccnc1C(C)(C)NC(=O)C1[C@H]2CN(C(=O)OC(C)(C)C)C[C@@H]12. The van der Waals surface area contributed by atoms with Gasteiger partial charge in [-0.05, 0) is 65.0 Å². The summed E-state index contributed by atoms with van der Waals surface area (Å²) < 4.78 is 5.42. The van der Waals surface area contributed by atoms with Crippen LogP contribution in [0, 0.1) is 24.7 Å². The minimum Gasteiger partial charge on any atom is -0.444 e. The maximum absolute atomic E-state index is 12.8. The number of carbonyl (C=O) groups is 2. The molecule has 1 unspecified atom stereocenters. The van der Waals surface area contributed by atoms with E-state index in [0.29, 0.717) is 13.1 Å². The topological polar surface area (TPSA) is 71.5 Å². The Bertz CT molecular complexity index is 711. The Morgan fingerprint density at radius 2 is 1.81 bits per heavy atom. The van der Waals surface area contributed by atoms with Crippen LogP contribution in [0.3, 0.4) is 0 Å². The Morgan fingerprint density at radius 1 is 1.19 bits per heavy atom. The second-order valence-corrected chi connectivity index (χ2v) is 9.02. The van der Waals surface area contributed by atoms with Gasteiger partial charge in [0.2, 0.25) is 5.91 Å². The Morgan fingerprint density at radius 3 is 2.35 bits per heavy atom. The van der Waals surface area contributed by atoms with Gasteiger partial charge in [-0.1, -0.05) is 6.07 Å². The number of hydrogen-bond acceptors (Lipinski definition) is 4. The number of nitrogens with one attached hydrogen (secondary N) is 1. The van der Waals surface area contributed by atoms with E-state index < -0.39 is 11.1 Å². The van der Waals surface area contributed by atoms with Crippen molar-refractivity contribution in [1.82, 2.24) is 15.2 Å². The van der Waals surface area contributed by atoms with Crippen LogP contribution in [0.2, 0.25) is 0 Å². The molecular weight excluding hydrogens is 330 g/mol. The quantitative estimate of drug-likeness (QED) is 0.901. The van der Waals surface area contributed by atoms with Crippen molar-refractivity contribution in [3.8, 4) is 0 Å². The number of pyridine rings is 1. The normalized spacial score (nSPS) is 24.8. The van der Waals surface area contributed by atoms with Crippen molar-refractivity contribution < 1.29 is 14.3 Å². The molecule has 1 aliphatic carbocycles. The Kier molecular flexibility index (Phi) is 4.49. The van der Waals surface area contributed by atoms with Crippen LogP contribution in [0.25, 0.3) is 0 Å². The third kappa shape index (κ3) is 3.69. The van der Waals surface area contributed by atoms with Crippen molar-refractivity contribution in [2.24, 2.45) is 17.8 Å². The zero-order valence-corrected chi connectivity index (χ0v) is 16.5. The largest absolute Gasteiger partial charge is 0.444 e. The molecule has 1 saturated heterocycles. The third-order valence-corrected chi connectivity index (χ3v) is 5.19. The number of piperidine rings is 1. The molecule has 1 aromatic rings. The van der Waals surface area contributed by atoms with Crippen LogP contribution in [0.4, 0.5) is 4.79 Å². The minimum atomic E-state index is -0.524. The van der Waals surface area contributed by atoms with Gasteiger partial charge >= 0.3 is 6.09 Å². The molecule has 0 radical (unpaired) electrons. The lowest BCUT2D eigenvalue weighted by atomic mass is 9.95. The molecule has 2 amide bonds. The first-order valence-electron chi connectivity index (χ1n) is 9.21. The lowest BCUT2D eigenvalue weighted by Crippen LogP contribution is -2.44. The zero-order chi connectivity index (χ0) is 19.3. The van der Waals surface area contributed by atoms with E-state index in [1.807, 2.05) is 53.7 Å². The number of aromatic nitrogens is 1. The van der Waals surface area contributed by atoms with Crippen molar-refractivity contribution in [1.29, 1.82) is 0 Å². The van der Waals surface area contributed by atoms with Gasteiger partial charge < -0.3 is 15.0 Å². The lowest BCUT2D eigenvalue weighted by Gasteiger charge is -2.28. The molecule has 1 N–H and O–H groups in total. The predicted molar refractivity (Wildman–Crippen MR) is 98.4 cm³/mol. The third-order valence-electron chi connectivity index (χ3n) is 5.19. The first-order valence-corrected chi connectivity index (χ1v) is 9.21. The highest BCUT2D eigenvalue weighted by atomic mass is 16.6. The van der Waals surface area contributed by atoms with Gasteiger partial charge in [0.05, 0.1) is 11.2 Å². The van der Waals surface area contributed by atoms with E-state index in [2.05, 4.69) is 10.3 Å². The second-order valence-electron chi connectivity index (χ2n) is 9.02. The number of nitrogens with zero attached hydrogens (tertiary/aromatic N) is 2. The molecule has 1 saturated carbocycles. The van der Waals surface area contributed by atoms with Crippen LogP contribution in [-0.2, 0) is 15.1 Å². The van der Waals surface area contributed by atoms with Crippen molar-refractivity contribution in [2.75, 3.05) is 13.1 Å². The summed E-state index contributed by atoms with van der Waals surface area (Å²) in [5.74, 6) is 0.516. The van der Waals surface area contributed by atoms with Crippen molar-refractivity contribution >= 4 is 12.0 Å². The second kappa shape index (κ2) is 6.25. The number of likely N-dealkylation sites (tertiary alicyclic amines) is 1. The average molecular weight is 359 g/mol. The number of aryl methyl sites for hydroxylation is 1. The van der Waals surface area contributed by atoms with E-state index in [4.69, 9.17) is 4.74 Å². The molecule has 0 aromatic carbocycles. The van der Waals surface area contributed by atoms with Crippen LogP contribution in [0.1, 0.15) is 45.9 Å². The predicted octanol–water partition coefficient (Wildman–Crippen LogP) is 2.85. The van der Waals surface area contributed by atoms with Gasteiger partial charge in [0.25, 0.3) is 0 Å². The number of carbonyl (C=O) groups excluding carboxylic acids is 2. The fourth-order valence-electron chi connectivity index (χ4n) is 3.98. The van der Waals surface area contributed by atoms with Crippen molar-refractivity contribution in [3.63, 3.8) is 0 Å². The van der Waals surface area contributed by atoms with E-state index in [9.17, 15) is 9.59 Å². The summed E-state index contributed by atoms with van der Waals surface area (Å²) in [6, 6.07) is 3.90. The molecule has 2 heterocycles. The summed E-state index contributed by atoms with van der Waals surface area (Å²) in [7, 11) is 0. The van der Waals surface area contributed by atoms with Gasteiger partial charge in [0.15, 0.2) is 0 Å². The zero-order valence-electron chi connectivity index (χ0n) is 16.5. The summed E-state index contributed by atoms with van der Waals surface area (Å²) in [5.41, 5.74) is 0.925. The highest BCUT2D eigenvalue weighted by Crippen LogP contribution is 2.52. The fourth-order valence-corrected chi connectivity index (χ4v) is 3.98. The molecule has 3 rings (SSSR count). The number of amides is 2. The van der Waals surface area contributed by atoms with Gasteiger partial charge in [-0.25, -0.2) is 4.79 Å². The standard InChI is InChI=1S/C20H29N3O3/c1-12-8-7-9-21-16(12)20(5,6)22-17(24)15-13-10-23(11-14(13)15)18(25)26-19(2,3)4/h7-9,13-15H,10-11H2,1-6H3,(H,22,24)/t13-,14+,15?. The monoisotopic (exact) mass is 359 g/mol. The van der Waals surface area contributed by atoms with Crippen LogP contribution < -0.4 is 5.32 Å². The Labute approximate surface area is 155 Å². The number of ether oxygens (including phenoxy) is 1. The van der Waals surface area contributed by atoms with Crippen LogP contribution in [0.5, 0.6) is 0 Å². The van der Waals surface area contributed by atoms with Crippen molar-refractivity contribution in [2.45, 2.75) is 52.7 Å².